The molecule has 3 nitrogen and oxygen atoms in total. The molecule has 1 aromatic heterocycles. The van der Waals surface area contributed by atoms with E-state index in [1.54, 1.807) is 12.1 Å². The van der Waals surface area contributed by atoms with Crippen LogP contribution in [0.1, 0.15) is 18.2 Å². The molecule has 0 bridgehead atoms. The number of phenolic OH excluding ortho intramolecular Hbond substituents is 1. The van der Waals surface area contributed by atoms with E-state index in [-0.39, 0.29) is 5.75 Å². The highest BCUT2D eigenvalue weighted by Gasteiger charge is 2.11. The van der Waals surface area contributed by atoms with Crippen LogP contribution >= 0.6 is 0 Å². The van der Waals surface area contributed by atoms with Crippen LogP contribution in [0, 0.1) is 0 Å². The van der Waals surface area contributed by atoms with Crippen molar-refractivity contribution >= 4 is 16.7 Å². The average molecular weight is 267 g/mol. The van der Waals surface area contributed by atoms with Gasteiger partial charge in [-0.2, -0.15) is 0 Å². The van der Waals surface area contributed by atoms with Crippen LogP contribution in [-0.2, 0) is 13.0 Å². The lowest BCUT2D eigenvalue weighted by Gasteiger charge is -2.07. The van der Waals surface area contributed by atoms with Crippen LogP contribution < -0.4 is 5.32 Å². The molecule has 2 N–H and O–H groups in total. The predicted molar refractivity (Wildman–Crippen MR) is 81.0 cm³/mol. The van der Waals surface area contributed by atoms with E-state index in [9.17, 15) is 5.11 Å². The van der Waals surface area contributed by atoms with E-state index < -0.39 is 0 Å². The Morgan fingerprint density at radius 3 is 2.75 bits per heavy atom. The maximum atomic E-state index is 9.48. The van der Waals surface area contributed by atoms with Crippen molar-refractivity contribution in [2.45, 2.75) is 19.9 Å². The summed E-state index contributed by atoms with van der Waals surface area (Å²) >= 11 is 0. The first-order chi connectivity index (χ1) is 9.78. The number of aryl methyl sites for hydroxylation is 1. The largest absolute Gasteiger partial charge is 0.508 e. The maximum Gasteiger partial charge on any atom is 0.134 e. The number of hydrogen-bond acceptors (Lipinski definition) is 3. The first-order valence-corrected chi connectivity index (χ1v) is 6.80. The van der Waals surface area contributed by atoms with Crippen molar-refractivity contribution in [3.05, 3.63) is 59.9 Å². The third kappa shape index (κ3) is 2.35. The van der Waals surface area contributed by atoms with Gasteiger partial charge in [-0.15, -0.1) is 0 Å². The fraction of sp³-hybridized carbons (Fsp3) is 0.176. The molecule has 0 aliphatic heterocycles. The van der Waals surface area contributed by atoms with Crippen molar-refractivity contribution in [1.82, 2.24) is 0 Å². The second kappa shape index (κ2) is 5.29. The highest BCUT2D eigenvalue weighted by atomic mass is 16.3. The Labute approximate surface area is 117 Å². The minimum Gasteiger partial charge on any atom is -0.508 e. The number of fused-ring (bicyclic) bond motifs is 1. The van der Waals surface area contributed by atoms with Gasteiger partial charge in [-0.1, -0.05) is 31.2 Å². The lowest BCUT2D eigenvalue weighted by molar-refractivity contribution is 0.475. The molecule has 0 aliphatic rings. The van der Waals surface area contributed by atoms with Crippen molar-refractivity contribution in [3.63, 3.8) is 0 Å². The molecule has 3 aromatic rings. The zero-order chi connectivity index (χ0) is 13.9. The molecule has 0 unspecified atom stereocenters. The molecule has 0 atom stereocenters. The minimum atomic E-state index is 0.266. The topological polar surface area (TPSA) is 45.4 Å². The highest BCUT2D eigenvalue weighted by Crippen LogP contribution is 2.27. The minimum absolute atomic E-state index is 0.266. The van der Waals surface area contributed by atoms with E-state index in [1.807, 2.05) is 30.3 Å². The summed E-state index contributed by atoms with van der Waals surface area (Å²) < 4.78 is 5.87. The number of furan rings is 1. The Hall–Kier alpha value is -2.42. The Kier molecular flexibility index (Phi) is 3.33. The molecule has 0 saturated heterocycles. The molecule has 102 valence electrons. The van der Waals surface area contributed by atoms with Crippen molar-refractivity contribution in [2.75, 3.05) is 5.32 Å². The van der Waals surface area contributed by atoms with E-state index in [2.05, 4.69) is 18.3 Å². The first kappa shape index (κ1) is 12.6. The molecule has 3 heteroatoms. The second-order valence-corrected chi connectivity index (χ2v) is 4.76. The zero-order valence-electron chi connectivity index (χ0n) is 11.4. The van der Waals surface area contributed by atoms with E-state index in [1.165, 1.54) is 5.56 Å². The molecule has 2 aromatic carbocycles. The van der Waals surface area contributed by atoms with Crippen molar-refractivity contribution in [3.8, 4) is 5.75 Å². The molecule has 20 heavy (non-hydrogen) atoms. The van der Waals surface area contributed by atoms with Crippen LogP contribution in [0.3, 0.4) is 0 Å². The first-order valence-electron chi connectivity index (χ1n) is 6.80. The van der Waals surface area contributed by atoms with Gasteiger partial charge in [0, 0.05) is 35.7 Å². The van der Waals surface area contributed by atoms with Crippen LogP contribution in [0.25, 0.3) is 11.0 Å². The number of para-hydroxylation sites is 1. The number of benzene rings is 2. The van der Waals surface area contributed by atoms with Gasteiger partial charge < -0.3 is 14.8 Å². The Bertz CT molecular complexity index is 731. The summed E-state index contributed by atoms with van der Waals surface area (Å²) in [6.07, 6.45) is 0.867. The maximum absolute atomic E-state index is 9.48. The third-order valence-electron chi connectivity index (χ3n) is 3.42. The Balaban J connectivity index is 1.90. The molecule has 0 fully saturated rings. The molecule has 0 radical (unpaired) electrons. The fourth-order valence-corrected chi connectivity index (χ4v) is 2.44. The van der Waals surface area contributed by atoms with Gasteiger partial charge in [0.2, 0.25) is 0 Å². The molecule has 0 aliphatic carbocycles. The van der Waals surface area contributed by atoms with Gasteiger partial charge in [0.1, 0.15) is 17.1 Å². The molecular weight excluding hydrogens is 250 g/mol. The van der Waals surface area contributed by atoms with Gasteiger partial charge in [-0.05, 0) is 18.2 Å². The van der Waals surface area contributed by atoms with Crippen molar-refractivity contribution < 1.29 is 9.52 Å². The van der Waals surface area contributed by atoms with Crippen LogP contribution in [0.15, 0.2) is 52.9 Å². The van der Waals surface area contributed by atoms with Crippen LogP contribution in [0.2, 0.25) is 0 Å². The smallest absolute Gasteiger partial charge is 0.134 e. The molecular formula is C17H17NO2. The second-order valence-electron chi connectivity index (χ2n) is 4.76. The molecule has 1 heterocycles. The quantitative estimate of drug-likeness (QED) is 0.740. The predicted octanol–water partition coefficient (Wildman–Crippen LogP) is 4.31. The third-order valence-corrected chi connectivity index (χ3v) is 3.42. The summed E-state index contributed by atoms with van der Waals surface area (Å²) in [5.41, 5.74) is 3.01. The average Bonchev–Trinajstić information content (AvgIpc) is 2.83. The van der Waals surface area contributed by atoms with Crippen LogP contribution in [0.5, 0.6) is 5.75 Å². The number of hydrogen-bond donors (Lipinski definition) is 2. The lowest BCUT2D eigenvalue weighted by Crippen LogP contribution is -2.00. The molecule has 0 spiro atoms. The number of phenols is 1. The molecule has 0 saturated carbocycles. The van der Waals surface area contributed by atoms with Gasteiger partial charge in [-0.25, -0.2) is 0 Å². The van der Waals surface area contributed by atoms with Gasteiger partial charge in [0.25, 0.3) is 0 Å². The van der Waals surface area contributed by atoms with Gasteiger partial charge >= 0.3 is 0 Å². The summed E-state index contributed by atoms with van der Waals surface area (Å²) in [5, 5.41) is 14.0. The van der Waals surface area contributed by atoms with Crippen molar-refractivity contribution in [2.24, 2.45) is 0 Å². The fourth-order valence-electron chi connectivity index (χ4n) is 2.44. The lowest BCUT2D eigenvalue weighted by atomic mass is 10.1. The van der Waals surface area contributed by atoms with Crippen LogP contribution in [-0.4, -0.2) is 5.11 Å². The van der Waals surface area contributed by atoms with Gasteiger partial charge in [-0.3, -0.25) is 0 Å². The van der Waals surface area contributed by atoms with E-state index >= 15 is 0 Å². The normalized spacial score (nSPS) is 10.8. The number of nitrogens with one attached hydrogen (secondary N) is 1. The van der Waals surface area contributed by atoms with Crippen LogP contribution in [0.4, 0.5) is 5.69 Å². The van der Waals surface area contributed by atoms with Gasteiger partial charge in [0.05, 0.1) is 0 Å². The molecule has 3 rings (SSSR count). The van der Waals surface area contributed by atoms with Gasteiger partial charge in [0.15, 0.2) is 0 Å². The summed E-state index contributed by atoms with van der Waals surface area (Å²) in [7, 11) is 0. The monoisotopic (exact) mass is 267 g/mol. The number of aromatic hydroxyl groups is 1. The highest BCUT2D eigenvalue weighted by molar-refractivity contribution is 5.82. The van der Waals surface area contributed by atoms with E-state index in [0.717, 1.165) is 28.8 Å². The standard InChI is InChI=1S/C17H17NO2/c1-2-16-15(14-8-3-4-9-17(14)20-16)11-18-12-6-5-7-13(19)10-12/h3-10,18-19H,2,11H2,1H3. The Morgan fingerprint density at radius 1 is 1.10 bits per heavy atom. The number of rotatable bonds is 4. The summed E-state index contributed by atoms with van der Waals surface area (Å²) in [4.78, 5) is 0. The number of anilines is 1. The summed E-state index contributed by atoms with van der Waals surface area (Å²) in [5.74, 6) is 1.28. The summed E-state index contributed by atoms with van der Waals surface area (Å²) in [6, 6.07) is 15.2. The summed E-state index contributed by atoms with van der Waals surface area (Å²) in [6.45, 7) is 2.78. The van der Waals surface area contributed by atoms with E-state index in [0.29, 0.717) is 6.54 Å². The molecule has 0 amide bonds. The SMILES string of the molecule is CCc1oc2ccccc2c1CNc1cccc(O)c1. The van der Waals surface area contributed by atoms with Crippen molar-refractivity contribution in [1.29, 1.82) is 0 Å². The zero-order valence-corrected chi connectivity index (χ0v) is 11.4. The van der Waals surface area contributed by atoms with E-state index in [4.69, 9.17) is 4.42 Å². The Morgan fingerprint density at radius 2 is 1.95 bits per heavy atom.